The predicted octanol–water partition coefficient (Wildman–Crippen LogP) is 2.75. The van der Waals surface area contributed by atoms with Crippen molar-refractivity contribution in [1.29, 1.82) is 0 Å². The lowest BCUT2D eigenvalue weighted by atomic mass is 10.1. The van der Waals surface area contributed by atoms with Crippen molar-refractivity contribution in [3.63, 3.8) is 0 Å². The van der Waals surface area contributed by atoms with Gasteiger partial charge >= 0.3 is 0 Å². The molecule has 68 valence electrons. The smallest absolute Gasteiger partial charge is 0.147 e. The van der Waals surface area contributed by atoms with Crippen LogP contribution in [0.1, 0.15) is 46.5 Å². The zero-order valence-corrected chi connectivity index (χ0v) is 8.31. The van der Waals surface area contributed by atoms with Gasteiger partial charge in [0.2, 0.25) is 0 Å². The maximum atomic E-state index is 5.34. The summed E-state index contributed by atoms with van der Waals surface area (Å²) in [5, 5.41) is 0. The normalized spacial score (nSPS) is 24.4. The predicted molar refractivity (Wildman–Crippen MR) is 50.9 cm³/mol. The van der Waals surface area contributed by atoms with Crippen LogP contribution in [0.2, 0.25) is 0 Å². The maximum Gasteiger partial charge on any atom is 0.147 e. The molecule has 0 aromatic rings. The van der Waals surface area contributed by atoms with Crippen LogP contribution in [0.15, 0.2) is 0 Å². The standard InChI is InChI=1S/C11H18O/c1-4-5-6-7-8-9-10-11(2,3)12-10/h10H,4-7H2,1-3H3. The molecule has 1 saturated heterocycles. The Morgan fingerprint density at radius 2 is 2.00 bits per heavy atom. The van der Waals surface area contributed by atoms with Crippen LogP contribution >= 0.6 is 0 Å². The Hall–Kier alpha value is -0.480. The van der Waals surface area contributed by atoms with E-state index in [1.165, 1.54) is 19.3 Å². The van der Waals surface area contributed by atoms with Crippen LogP contribution < -0.4 is 0 Å². The number of rotatable bonds is 3. The lowest BCUT2D eigenvalue weighted by molar-refractivity contribution is 0.335. The largest absolute Gasteiger partial charge is 0.353 e. The second kappa shape index (κ2) is 3.96. The van der Waals surface area contributed by atoms with Gasteiger partial charge < -0.3 is 4.74 Å². The molecule has 1 rings (SSSR count). The van der Waals surface area contributed by atoms with Gasteiger partial charge in [-0.15, -0.1) is 5.92 Å². The Balaban J connectivity index is 2.06. The fraction of sp³-hybridized carbons (Fsp3) is 0.818. The van der Waals surface area contributed by atoms with Crippen LogP contribution in [0.5, 0.6) is 0 Å². The fourth-order valence-electron chi connectivity index (χ4n) is 1.10. The molecule has 1 unspecified atom stereocenters. The zero-order valence-electron chi connectivity index (χ0n) is 8.31. The molecule has 1 atom stereocenters. The average molecular weight is 166 g/mol. The van der Waals surface area contributed by atoms with Crippen LogP contribution in [0, 0.1) is 11.8 Å². The Morgan fingerprint density at radius 3 is 2.50 bits per heavy atom. The van der Waals surface area contributed by atoms with Crippen LogP contribution in [0.3, 0.4) is 0 Å². The summed E-state index contributed by atoms with van der Waals surface area (Å²) < 4.78 is 5.34. The molecule has 0 aromatic heterocycles. The molecule has 12 heavy (non-hydrogen) atoms. The van der Waals surface area contributed by atoms with Crippen molar-refractivity contribution < 1.29 is 4.74 Å². The van der Waals surface area contributed by atoms with E-state index in [1.54, 1.807) is 0 Å². The highest BCUT2D eigenvalue weighted by atomic mass is 16.6. The Morgan fingerprint density at radius 1 is 1.33 bits per heavy atom. The summed E-state index contributed by atoms with van der Waals surface area (Å²) in [5.41, 5.74) is 0.0394. The Labute approximate surface area is 75.5 Å². The van der Waals surface area contributed by atoms with Crippen molar-refractivity contribution >= 4 is 0 Å². The Bertz CT molecular complexity index is 195. The summed E-state index contributed by atoms with van der Waals surface area (Å²) in [7, 11) is 0. The molecule has 0 amide bonds. The highest BCUT2D eigenvalue weighted by Crippen LogP contribution is 2.34. The number of hydrogen-bond acceptors (Lipinski definition) is 1. The molecule has 0 aliphatic carbocycles. The third-order valence-electron chi connectivity index (χ3n) is 2.13. The quantitative estimate of drug-likeness (QED) is 0.357. The van der Waals surface area contributed by atoms with Gasteiger partial charge in [0.1, 0.15) is 11.7 Å². The van der Waals surface area contributed by atoms with Crippen molar-refractivity contribution in [3.05, 3.63) is 0 Å². The summed E-state index contributed by atoms with van der Waals surface area (Å²) in [6.07, 6.45) is 5.04. The van der Waals surface area contributed by atoms with Gasteiger partial charge in [0, 0.05) is 6.42 Å². The zero-order chi connectivity index (χ0) is 9.03. The molecule has 0 spiro atoms. The van der Waals surface area contributed by atoms with Crippen molar-refractivity contribution in [2.45, 2.75) is 58.2 Å². The Kier molecular flexibility index (Phi) is 3.17. The highest BCUT2D eigenvalue weighted by Gasteiger charge is 2.46. The van der Waals surface area contributed by atoms with Gasteiger partial charge in [-0.1, -0.05) is 25.7 Å². The highest BCUT2D eigenvalue weighted by molar-refractivity contribution is 5.18. The maximum absolute atomic E-state index is 5.34. The summed E-state index contributed by atoms with van der Waals surface area (Å²) in [4.78, 5) is 0. The molecule has 0 radical (unpaired) electrons. The van der Waals surface area contributed by atoms with Crippen LogP contribution in [-0.4, -0.2) is 11.7 Å². The van der Waals surface area contributed by atoms with E-state index in [0.29, 0.717) is 0 Å². The van der Waals surface area contributed by atoms with Gasteiger partial charge in [0.05, 0.1) is 0 Å². The van der Waals surface area contributed by atoms with Gasteiger partial charge in [0.25, 0.3) is 0 Å². The summed E-state index contributed by atoms with van der Waals surface area (Å²) in [6, 6.07) is 0. The minimum absolute atomic E-state index is 0.0394. The molecular formula is C11H18O. The topological polar surface area (TPSA) is 12.5 Å². The van der Waals surface area contributed by atoms with Crippen LogP contribution in [0.4, 0.5) is 0 Å². The van der Waals surface area contributed by atoms with E-state index < -0.39 is 0 Å². The number of ether oxygens (including phenoxy) is 1. The molecule has 1 heteroatoms. The molecule has 0 bridgehead atoms. The SMILES string of the molecule is CCCCCC#CC1OC1(C)C. The van der Waals surface area contributed by atoms with E-state index >= 15 is 0 Å². The molecular weight excluding hydrogens is 148 g/mol. The lowest BCUT2D eigenvalue weighted by Gasteiger charge is -1.88. The van der Waals surface area contributed by atoms with E-state index in [2.05, 4.69) is 32.6 Å². The van der Waals surface area contributed by atoms with E-state index in [0.717, 1.165) is 6.42 Å². The third kappa shape index (κ3) is 2.87. The monoisotopic (exact) mass is 166 g/mol. The molecule has 1 fully saturated rings. The summed E-state index contributed by atoms with van der Waals surface area (Å²) >= 11 is 0. The molecule has 1 aliphatic rings. The van der Waals surface area contributed by atoms with E-state index in [4.69, 9.17) is 4.74 Å². The minimum atomic E-state index is 0.0394. The van der Waals surface area contributed by atoms with Crippen molar-refractivity contribution in [2.75, 3.05) is 0 Å². The van der Waals surface area contributed by atoms with Gasteiger partial charge in [0.15, 0.2) is 0 Å². The average Bonchev–Trinajstić information content (AvgIpc) is 2.59. The third-order valence-corrected chi connectivity index (χ3v) is 2.13. The molecule has 0 aromatic carbocycles. The second-order valence-corrected chi connectivity index (χ2v) is 3.88. The second-order valence-electron chi connectivity index (χ2n) is 3.88. The number of unbranched alkanes of at least 4 members (excludes halogenated alkanes) is 3. The number of epoxide rings is 1. The summed E-state index contributed by atoms with van der Waals surface area (Å²) in [6.45, 7) is 6.37. The van der Waals surface area contributed by atoms with Crippen LogP contribution in [-0.2, 0) is 4.74 Å². The molecule has 0 saturated carbocycles. The first-order valence-electron chi connectivity index (χ1n) is 4.83. The van der Waals surface area contributed by atoms with Crippen molar-refractivity contribution in [3.8, 4) is 11.8 Å². The first-order valence-corrected chi connectivity index (χ1v) is 4.83. The summed E-state index contributed by atoms with van der Waals surface area (Å²) in [5.74, 6) is 6.30. The van der Waals surface area contributed by atoms with E-state index in [9.17, 15) is 0 Å². The molecule has 0 N–H and O–H groups in total. The van der Waals surface area contributed by atoms with Crippen LogP contribution in [0.25, 0.3) is 0 Å². The van der Waals surface area contributed by atoms with Gasteiger partial charge in [-0.3, -0.25) is 0 Å². The minimum Gasteiger partial charge on any atom is -0.353 e. The van der Waals surface area contributed by atoms with Gasteiger partial charge in [-0.05, 0) is 20.3 Å². The first kappa shape index (κ1) is 9.61. The molecule has 1 nitrogen and oxygen atoms in total. The van der Waals surface area contributed by atoms with Gasteiger partial charge in [-0.25, -0.2) is 0 Å². The fourth-order valence-corrected chi connectivity index (χ4v) is 1.10. The molecule has 1 aliphatic heterocycles. The van der Waals surface area contributed by atoms with E-state index in [1.807, 2.05) is 0 Å². The van der Waals surface area contributed by atoms with E-state index in [-0.39, 0.29) is 11.7 Å². The van der Waals surface area contributed by atoms with Crippen molar-refractivity contribution in [2.24, 2.45) is 0 Å². The molecule has 1 heterocycles. The van der Waals surface area contributed by atoms with Gasteiger partial charge in [-0.2, -0.15) is 0 Å². The first-order chi connectivity index (χ1) is 5.67. The number of hydrogen-bond donors (Lipinski definition) is 0. The lowest BCUT2D eigenvalue weighted by Crippen LogP contribution is -1.99. The van der Waals surface area contributed by atoms with Crippen molar-refractivity contribution in [1.82, 2.24) is 0 Å².